The number of carbonyl (C=O) groups excluding carboxylic acids is 3. The number of hydrogen-bond donors (Lipinski definition) is 3. The molecule has 0 saturated heterocycles. The molecule has 134 valence electrons. The number of nitrogens with zero attached hydrogens (tertiary/aromatic N) is 1. The fourth-order valence-corrected chi connectivity index (χ4v) is 2.79. The Labute approximate surface area is 151 Å². The first-order chi connectivity index (χ1) is 12.5. The van der Waals surface area contributed by atoms with Crippen LogP contribution in [0.1, 0.15) is 21.5 Å². The van der Waals surface area contributed by atoms with Crippen LogP contribution in [-0.2, 0) is 16.1 Å². The fraction of sp³-hybridized carbons (Fsp3) is 0.211. The monoisotopic (exact) mass is 352 g/mol. The number of aryl methyl sites for hydroxylation is 1. The number of para-hydroxylation sites is 1. The second-order valence-electron chi connectivity index (χ2n) is 6.08. The molecule has 26 heavy (non-hydrogen) atoms. The third-order valence-corrected chi connectivity index (χ3v) is 4.20. The van der Waals surface area contributed by atoms with Crippen LogP contribution in [0.25, 0.3) is 0 Å². The van der Waals surface area contributed by atoms with Crippen LogP contribution >= 0.6 is 0 Å². The highest BCUT2D eigenvalue weighted by Crippen LogP contribution is 2.19. The van der Waals surface area contributed by atoms with Gasteiger partial charge in [-0.05, 0) is 30.2 Å². The Morgan fingerprint density at radius 3 is 2.62 bits per heavy atom. The molecule has 1 heterocycles. The third kappa shape index (κ3) is 4.00. The number of hydrazine groups is 1. The van der Waals surface area contributed by atoms with E-state index in [0.29, 0.717) is 12.1 Å². The summed E-state index contributed by atoms with van der Waals surface area (Å²) in [6.07, 6.45) is 0. The maximum Gasteiger partial charge on any atom is 0.269 e. The van der Waals surface area contributed by atoms with Gasteiger partial charge in [0.15, 0.2) is 0 Å². The van der Waals surface area contributed by atoms with Gasteiger partial charge in [-0.1, -0.05) is 36.4 Å². The Kier molecular flexibility index (Phi) is 5.17. The first-order valence-corrected chi connectivity index (χ1v) is 8.29. The average Bonchev–Trinajstić information content (AvgIpc) is 2.79. The zero-order valence-corrected chi connectivity index (χ0v) is 14.4. The lowest BCUT2D eigenvalue weighted by Gasteiger charge is -2.20. The van der Waals surface area contributed by atoms with E-state index in [4.69, 9.17) is 0 Å². The maximum absolute atomic E-state index is 12.2. The first-order valence-electron chi connectivity index (χ1n) is 8.29. The van der Waals surface area contributed by atoms with Gasteiger partial charge in [-0.15, -0.1) is 0 Å². The van der Waals surface area contributed by atoms with Gasteiger partial charge in [0.2, 0.25) is 5.91 Å². The van der Waals surface area contributed by atoms with E-state index in [1.165, 1.54) is 4.90 Å². The average molecular weight is 352 g/mol. The zero-order valence-electron chi connectivity index (χ0n) is 14.4. The van der Waals surface area contributed by atoms with Crippen molar-refractivity contribution >= 4 is 23.4 Å². The van der Waals surface area contributed by atoms with Gasteiger partial charge in [0.1, 0.15) is 6.54 Å². The third-order valence-electron chi connectivity index (χ3n) is 4.20. The molecule has 0 fully saturated rings. The van der Waals surface area contributed by atoms with Gasteiger partial charge < -0.3 is 10.2 Å². The lowest BCUT2D eigenvalue weighted by atomic mass is 10.1. The normalized spacial score (nSPS) is 13.3. The summed E-state index contributed by atoms with van der Waals surface area (Å²) in [6.45, 7) is 2.14. The van der Waals surface area contributed by atoms with Gasteiger partial charge in [0.25, 0.3) is 11.8 Å². The van der Waals surface area contributed by atoms with Crippen LogP contribution in [0.5, 0.6) is 0 Å². The van der Waals surface area contributed by atoms with Crippen molar-refractivity contribution in [2.45, 2.75) is 13.5 Å². The van der Waals surface area contributed by atoms with Crippen molar-refractivity contribution in [3.8, 4) is 0 Å². The topological polar surface area (TPSA) is 90.5 Å². The summed E-state index contributed by atoms with van der Waals surface area (Å²) in [5, 5.41) is 3.06. The highest BCUT2D eigenvalue weighted by atomic mass is 16.2. The molecule has 3 rings (SSSR count). The van der Waals surface area contributed by atoms with Crippen LogP contribution < -0.4 is 16.2 Å². The second kappa shape index (κ2) is 7.69. The molecule has 0 unspecified atom stereocenters. The van der Waals surface area contributed by atoms with E-state index in [-0.39, 0.29) is 19.0 Å². The number of rotatable bonds is 3. The Balaban J connectivity index is 1.58. The van der Waals surface area contributed by atoms with E-state index in [1.54, 1.807) is 12.1 Å². The number of fused-ring (bicyclic) bond motifs is 1. The van der Waals surface area contributed by atoms with Crippen molar-refractivity contribution in [3.05, 3.63) is 65.2 Å². The van der Waals surface area contributed by atoms with Crippen LogP contribution in [0.4, 0.5) is 5.69 Å². The minimum Gasteiger partial charge on any atom is -0.376 e. The van der Waals surface area contributed by atoms with E-state index in [1.807, 2.05) is 43.3 Å². The fourth-order valence-electron chi connectivity index (χ4n) is 2.79. The molecule has 3 N–H and O–H groups in total. The quantitative estimate of drug-likeness (QED) is 0.724. The molecule has 3 amide bonds. The van der Waals surface area contributed by atoms with Crippen LogP contribution in [-0.4, -0.2) is 35.7 Å². The summed E-state index contributed by atoms with van der Waals surface area (Å²) < 4.78 is 0. The molecule has 1 aliphatic heterocycles. The highest BCUT2D eigenvalue weighted by Gasteiger charge is 2.22. The lowest BCUT2D eigenvalue weighted by molar-refractivity contribution is -0.135. The van der Waals surface area contributed by atoms with Gasteiger partial charge >= 0.3 is 0 Å². The molecular weight excluding hydrogens is 332 g/mol. The number of amides is 3. The number of hydrogen-bond acceptors (Lipinski definition) is 4. The number of benzene rings is 2. The highest BCUT2D eigenvalue weighted by molar-refractivity contribution is 5.97. The SMILES string of the molecule is Cc1ccccc1C(=O)NNC(=O)CN1Cc2ccccc2NCC1=O. The predicted octanol–water partition coefficient (Wildman–Crippen LogP) is 1.21. The summed E-state index contributed by atoms with van der Waals surface area (Å²) >= 11 is 0. The molecule has 2 aromatic rings. The van der Waals surface area contributed by atoms with E-state index in [9.17, 15) is 14.4 Å². The number of nitrogens with one attached hydrogen (secondary N) is 3. The van der Waals surface area contributed by atoms with Gasteiger partial charge in [0, 0.05) is 17.8 Å². The summed E-state index contributed by atoms with van der Waals surface area (Å²) in [5.41, 5.74) is 7.87. The van der Waals surface area contributed by atoms with Gasteiger partial charge in [-0.2, -0.15) is 0 Å². The second-order valence-corrected chi connectivity index (χ2v) is 6.08. The van der Waals surface area contributed by atoms with Crippen LogP contribution in [0.15, 0.2) is 48.5 Å². The van der Waals surface area contributed by atoms with E-state index in [2.05, 4.69) is 16.2 Å². The summed E-state index contributed by atoms with van der Waals surface area (Å²) in [7, 11) is 0. The van der Waals surface area contributed by atoms with Crippen LogP contribution in [0, 0.1) is 6.92 Å². The van der Waals surface area contributed by atoms with Crippen molar-refractivity contribution in [1.82, 2.24) is 15.8 Å². The Morgan fingerprint density at radius 1 is 1.08 bits per heavy atom. The summed E-state index contributed by atoms with van der Waals surface area (Å²) in [4.78, 5) is 38.0. The minimum absolute atomic E-state index is 0.125. The van der Waals surface area contributed by atoms with Crippen molar-refractivity contribution in [1.29, 1.82) is 0 Å². The number of anilines is 1. The number of carbonyl (C=O) groups is 3. The summed E-state index contributed by atoms with van der Waals surface area (Å²) in [6, 6.07) is 14.7. The maximum atomic E-state index is 12.2. The molecule has 0 radical (unpaired) electrons. The Morgan fingerprint density at radius 2 is 1.81 bits per heavy atom. The zero-order chi connectivity index (χ0) is 18.5. The standard InChI is InChI=1S/C19H20N4O3/c1-13-6-2-4-8-15(13)19(26)22-21-17(24)12-23-11-14-7-3-5-9-16(14)20-10-18(23)25/h2-9,20H,10-12H2,1H3,(H,21,24)(H,22,26). The van der Waals surface area contributed by atoms with E-state index < -0.39 is 11.8 Å². The molecule has 0 spiro atoms. The van der Waals surface area contributed by atoms with Gasteiger partial charge in [-0.25, -0.2) is 0 Å². The summed E-state index contributed by atoms with van der Waals surface area (Å²) in [5.74, 6) is -1.04. The van der Waals surface area contributed by atoms with Crippen LogP contribution in [0.2, 0.25) is 0 Å². The molecule has 0 saturated carbocycles. The molecule has 7 heteroatoms. The molecule has 0 atom stereocenters. The Bertz CT molecular complexity index is 850. The molecule has 0 bridgehead atoms. The molecule has 1 aliphatic rings. The minimum atomic E-state index is -0.459. The first kappa shape index (κ1) is 17.5. The van der Waals surface area contributed by atoms with Crippen molar-refractivity contribution in [2.24, 2.45) is 0 Å². The predicted molar refractivity (Wildman–Crippen MR) is 97.1 cm³/mol. The van der Waals surface area contributed by atoms with Crippen molar-refractivity contribution in [2.75, 3.05) is 18.4 Å². The van der Waals surface area contributed by atoms with Crippen LogP contribution in [0.3, 0.4) is 0 Å². The molecule has 0 aliphatic carbocycles. The molecule has 0 aromatic heterocycles. The smallest absolute Gasteiger partial charge is 0.269 e. The lowest BCUT2D eigenvalue weighted by Crippen LogP contribution is -2.48. The van der Waals surface area contributed by atoms with Crippen molar-refractivity contribution in [3.63, 3.8) is 0 Å². The van der Waals surface area contributed by atoms with E-state index in [0.717, 1.165) is 16.8 Å². The molecule has 2 aromatic carbocycles. The van der Waals surface area contributed by atoms with Gasteiger partial charge in [0.05, 0.1) is 6.54 Å². The molecular formula is C19H20N4O3. The largest absolute Gasteiger partial charge is 0.376 e. The van der Waals surface area contributed by atoms with Crippen molar-refractivity contribution < 1.29 is 14.4 Å². The van der Waals surface area contributed by atoms with E-state index >= 15 is 0 Å². The molecule has 7 nitrogen and oxygen atoms in total. The Hall–Kier alpha value is -3.35. The van der Waals surface area contributed by atoms with Gasteiger partial charge in [-0.3, -0.25) is 25.2 Å².